The lowest BCUT2D eigenvalue weighted by Crippen LogP contribution is -1.92. The van der Waals surface area contributed by atoms with Gasteiger partial charge in [0.1, 0.15) is 6.29 Å². The van der Waals surface area contributed by atoms with E-state index in [9.17, 15) is 4.79 Å². The first-order chi connectivity index (χ1) is 8.11. The van der Waals surface area contributed by atoms with E-state index in [0.717, 1.165) is 32.1 Å². The minimum Gasteiger partial charge on any atom is -0.298 e. The molecule has 86 valence electrons. The second-order valence-electron chi connectivity index (χ2n) is 3.79. The summed E-state index contributed by atoms with van der Waals surface area (Å²) in [6.07, 6.45) is 0.900. The van der Waals surface area contributed by atoms with Gasteiger partial charge in [0.2, 0.25) is 0 Å². The van der Waals surface area contributed by atoms with Crippen LogP contribution in [0.3, 0.4) is 0 Å². The van der Waals surface area contributed by atoms with E-state index < -0.39 is 0 Å². The van der Waals surface area contributed by atoms with Gasteiger partial charge in [0.05, 0.1) is 0 Å². The molecule has 0 bridgehead atoms. The maximum atomic E-state index is 11.0. The first kappa shape index (κ1) is 12.6. The Morgan fingerprint density at radius 2 is 1.82 bits per heavy atom. The minimum absolute atomic E-state index is 0.715. The van der Waals surface area contributed by atoms with Gasteiger partial charge in [-0.2, -0.15) is 0 Å². The molecule has 2 rings (SSSR count). The molecule has 0 saturated heterocycles. The molecule has 0 heterocycles. The van der Waals surface area contributed by atoms with E-state index in [0.29, 0.717) is 5.02 Å². The van der Waals surface area contributed by atoms with Gasteiger partial charge in [-0.05, 0) is 70.5 Å². The Labute approximate surface area is 119 Å². The first-order valence-corrected chi connectivity index (χ1v) is 6.59. The van der Waals surface area contributed by atoms with Crippen LogP contribution in [0.25, 0.3) is 11.1 Å². The van der Waals surface area contributed by atoms with Crippen LogP contribution in [0, 0.1) is 10.5 Å². The van der Waals surface area contributed by atoms with Crippen LogP contribution < -0.4 is 0 Å². The third-order valence-corrected chi connectivity index (χ3v) is 3.57. The molecular formula is C14H10ClIO. The second-order valence-corrected chi connectivity index (χ2v) is 5.47. The fourth-order valence-electron chi connectivity index (χ4n) is 1.75. The van der Waals surface area contributed by atoms with E-state index in [-0.39, 0.29) is 0 Å². The average Bonchev–Trinajstić information content (AvgIpc) is 2.33. The molecule has 0 amide bonds. The number of rotatable bonds is 2. The molecule has 17 heavy (non-hydrogen) atoms. The summed E-state index contributed by atoms with van der Waals surface area (Å²) in [4.78, 5) is 11.0. The van der Waals surface area contributed by atoms with Crippen LogP contribution in [-0.2, 0) is 0 Å². The Kier molecular flexibility index (Phi) is 3.84. The van der Waals surface area contributed by atoms with E-state index in [4.69, 9.17) is 11.6 Å². The van der Waals surface area contributed by atoms with Crippen molar-refractivity contribution in [2.24, 2.45) is 0 Å². The third-order valence-electron chi connectivity index (χ3n) is 2.69. The largest absolute Gasteiger partial charge is 0.298 e. The van der Waals surface area contributed by atoms with E-state index in [1.165, 1.54) is 0 Å². The highest BCUT2D eigenvalue weighted by Gasteiger charge is 2.07. The lowest BCUT2D eigenvalue weighted by Gasteiger charge is -2.09. The Bertz CT molecular complexity index is 561. The number of hydrogen-bond acceptors (Lipinski definition) is 1. The lowest BCUT2D eigenvalue weighted by atomic mass is 9.97. The molecule has 1 nitrogen and oxygen atoms in total. The van der Waals surface area contributed by atoms with Crippen LogP contribution in [-0.4, -0.2) is 6.29 Å². The Hall–Kier alpha value is -0.870. The van der Waals surface area contributed by atoms with Gasteiger partial charge in [-0.15, -0.1) is 0 Å². The van der Waals surface area contributed by atoms with E-state index in [1.807, 2.05) is 37.3 Å². The van der Waals surface area contributed by atoms with Crippen molar-refractivity contribution in [1.29, 1.82) is 0 Å². The maximum Gasteiger partial charge on any atom is 0.150 e. The van der Waals surface area contributed by atoms with Crippen LogP contribution >= 0.6 is 34.2 Å². The van der Waals surface area contributed by atoms with E-state index >= 15 is 0 Å². The van der Waals surface area contributed by atoms with Crippen LogP contribution in [0.1, 0.15) is 15.9 Å². The third kappa shape index (κ3) is 2.69. The molecule has 2 aromatic rings. The SMILES string of the molecule is Cc1c(C=O)cc(I)cc1-c1ccc(Cl)cc1. The molecular weight excluding hydrogens is 347 g/mol. The van der Waals surface area contributed by atoms with Gasteiger partial charge in [-0.1, -0.05) is 23.7 Å². The number of carbonyl (C=O) groups excluding carboxylic acids is 1. The minimum atomic E-state index is 0.715. The summed E-state index contributed by atoms with van der Waals surface area (Å²) in [7, 11) is 0. The molecule has 0 aliphatic heterocycles. The number of carbonyl (C=O) groups is 1. The molecule has 0 unspecified atom stereocenters. The van der Waals surface area contributed by atoms with Crippen LogP contribution in [0.15, 0.2) is 36.4 Å². The number of halogens is 2. The average molecular weight is 357 g/mol. The second kappa shape index (κ2) is 5.19. The van der Waals surface area contributed by atoms with Gasteiger partial charge in [-0.3, -0.25) is 4.79 Å². The Morgan fingerprint density at radius 1 is 1.18 bits per heavy atom. The van der Waals surface area contributed by atoms with Crippen LogP contribution in [0.2, 0.25) is 5.02 Å². The molecule has 3 heteroatoms. The van der Waals surface area contributed by atoms with E-state index in [1.54, 1.807) is 0 Å². The van der Waals surface area contributed by atoms with Gasteiger partial charge in [0.25, 0.3) is 0 Å². The summed E-state index contributed by atoms with van der Waals surface area (Å²) in [5.74, 6) is 0. The molecule has 0 aromatic heterocycles. The van der Waals surface area contributed by atoms with Gasteiger partial charge in [-0.25, -0.2) is 0 Å². The maximum absolute atomic E-state index is 11.0. The normalized spacial score (nSPS) is 10.3. The Morgan fingerprint density at radius 3 is 2.41 bits per heavy atom. The standard InChI is InChI=1S/C14H10ClIO/c1-9-11(8-17)6-13(16)7-14(9)10-2-4-12(15)5-3-10/h2-8H,1H3. The van der Waals surface area contributed by atoms with Gasteiger partial charge >= 0.3 is 0 Å². The van der Waals surface area contributed by atoms with Crippen LogP contribution in [0.4, 0.5) is 0 Å². The lowest BCUT2D eigenvalue weighted by molar-refractivity contribution is 0.112. The van der Waals surface area contributed by atoms with Crippen molar-refractivity contribution in [2.75, 3.05) is 0 Å². The zero-order valence-electron chi connectivity index (χ0n) is 9.21. The van der Waals surface area contributed by atoms with Crippen molar-refractivity contribution in [1.82, 2.24) is 0 Å². The summed E-state index contributed by atoms with van der Waals surface area (Å²) in [5.41, 5.74) is 3.90. The summed E-state index contributed by atoms with van der Waals surface area (Å²) in [5, 5.41) is 0.715. The molecule has 0 N–H and O–H groups in total. The molecule has 0 aliphatic rings. The molecule has 0 fully saturated rings. The molecule has 0 atom stereocenters. The summed E-state index contributed by atoms with van der Waals surface area (Å²) < 4.78 is 1.06. The number of aldehydes is 1. The molecule has 0 saturated carbocycles. The smallest absolute Gasteiger partial charge is 0.150 e. The topological polar surface area (TPSA) is 17.1 Å². The monoisotopic (exact) mass is 356 g/mol. The quantitative estimate of drug-likeness (QED) is 0.561. The highest BCUT2D eigenvalue weighted by atomic mass is 127. The number of hydrogen-bond donors (Lipinski definition) is 0. The van der Waals surface area contributed by atoms with Crippen LogP contribution in [0.5, 0.6) is 0 Å². The fourth-order valence-corrected chi connectivity index (χ4v) is 2.52. The van der Waals surface area contributed by atoms with E-state index in [2.05, 4.69) is 28.7 Å². The van der Waals surface area contributed by atoms with Crippen molar-refractivity contribution in [3.63, 3.8) is 0 Å². The van der Waals surface area contributed by atoms with Crippen molar-refractivity contribution in [3.8, 4) is 11.1 Å². The molecule has 0 spiro atoms. The van der Waals surface area contributed by atoms with Gasteiger partial charge < -0.3 is 0 Å². The summed E-state index contributed by atoms with van der Waals surface area (Å²) in [6, 6.07) is 11.6. The van der Waals surface area contributed by atoms with Gasteiger partial charge in [0.15, 0.2) is 0 Å². The molecule has 0 radical (unpaired) electrons. The predicted octanol–water partition coefficient (Wildman–Crippen LogP) is 4.73. The highest BCUT2D eigenvalue weighted by Crippen LogP contribution is 2.28. The fraction of sp³-hybridized carbons (Fsp3) is 0.0714. The Balaban J connectivity index is 2.62. The molecule has 2 aromatic carbocycles. The van der Waals surface area contributed by atoms with Crippen molar-refractivity contribution < 1.29 is 4.79 Å². The zero-order chi connectivity index (χ0) is 12.4. The first-order valence-electron chi connectivity index (χ1n) is 5.13. The molecule has 0 aliphatic carbocycles. The summed E-state index contributed by atoms with van der Waals surface area (Å²) >= 11 is 8.09. The van der Waals surface area contributed by atoms with Crippen molar-refractivity contribution in [2.45, 2.75) is 6.92 Å². The van der Waals surface area contributed by atoms with Crippen molar-refractivity contribution in [3.05, 3.63) is 56.1 Å². The summed E-state index contributed by atoms with van der Waals surface area (Å²) in [6.45, 7) is 1.96. The highest BCUT2D eigenvalue weighted by molar-refractivity contribution is 14.1. The van der Waals surface area contributed by atoms with Gasteiger partial charge in [0, 0.05) is 14.2 Å². The zero-order valence-corrected chi connectivity index (χ0v) is 12.1. The predicted molar refractivity (Wildman–Crippen MR) is 79.7 cm³/mol. The number of benzene rings is 2. The van der Waals surface area contributed by atoms with Crippen molar-refractivity contribution >= 4 is 40.5 Å².